The standard InChI is InChI=1S/C31H36F2N4O2S/c32-22-10-15-36(16-11-22)14-2-1-5-28(39)21-7-9-26-29(19-21)40-31-35-30(27(12-17-38)37(26)31)23-8-6-20(18-24(23)33)25-4-3-13-34-25/h6-9,18-19,22,25,34,38H,1-5,10-17H2/t25-/m0/s1. The first-order valence-corrected chi connectivity index (χ1v) is 15.3. The van der Waals surface area contributed by atoms with Gasteiger partial charge in [-0.2, -0.15) is 0 Å². The number of thiazole rings is 1. The van der Waals surface area contributed by atoms with Gasteiger partial charge in [-0.15, -0.1) is 0 Å². The summed E-state index contributed by atoms with van der Waals surface area (Å²) < 4.78 is 31.6. The van der Waals surface area contributed by atoms with Crippen LogP contribution in [0.15, 0.2) is 36.4 Å². The van der Waals surface area contributed by atoms with Gasteiger partial charge in [0.25, 0.3) is 0 Å². The Morgan fingerprint density at radius 2 is 1.98 bits per heavy atom. The molecular formula is C31H36F2N4O2S. The van der Waals surface area contributed by atoms with E-state index in [2.05, 4.69) is 10.2 Å². The van der Waals surface area contributed by atoms with Crippen molar-refractivity contribution in [3.05, 3.63) is 59.0 Å². The minimum atomic E-state index is -0.661. The van der Waals surface area contributed by atoms with Gasteiger partial charge >= 0.3 is 0 Å². The van der Waals surface area contributed by atoms with Crippen molar-refractivity contribution >= 4 is 32.3 Å². The molecule has 9 heteroatoms. The van der Waals surface area contributed by atoms with Crippen LogP contribution in [-0.4, -0.2) is 64.1 Å². The number of hydrogen-bond donors (Lipinski definition) is 2. The average Bonchev–Trinajstić information content (AvgIpc) is 3.69. The van der Waals surface area contributed by atoms with Crippen molar-refractivity contribution in [2.24, 2.45) is 0 Å². The molecule has 2 aromatic carbocycles. The first kappa shape index (κ1) is 27.4. The van der Waals surface area contributed by atoms with Crippen LogP contribution in [0.25, 0.3) is 26.4 Å². The second kappa shape index (κ2) is 12.0. The Kier molecular flexibility index (Phi) is 8.25. The molecule has 4 aromatic rings. The van der Waals surface area contributed by atoms with Crippen LogP contribution >= 0.6 is 11.3 Å². The van der Waals surface area contributed by atoms with E-state index < -0.39 is 6.17 Å². The first-order valence-electron chi connectivity index (χ1n) is 14.5. The summed E-state index contributed by atoms with van der Waals surface area (Å²) in [7, 11) is 0. The lowest BCUT2D eigenvalue weighted by Crippen LogP contribution is -2.35. The van der Waals surface area contributed by atoms with Crippen LogP contribution in [0.5, 0.6) is 0 Å². The van der Waals surface area contributed by atoms with Gasteiger partial charge in [0.15, 0.2) is 10.7 Å². The topological polar surface area (TPSA) is 69.9 Å². The molecule has 0 aliphatic carbocycles. The summed E-state index contributed by atoms with van der Waals surface area (Å²) in [6, 6.07) is 11.3. The number of fused-ring (bicyclic) bond motifs is 3. The lowest BCUT2D eigenvalue weighted by atomic mass is 10.0. The lowest BCUT2D eigenvalue weighted by molar-refractivity contribution is 0.0976. The highest BCUT2D eigenvalue weighted by atomic mass is 32.1. The van der Waals surface area contributed by atoms with Crippen LogP contribution in [0.4, 0.5) is 8.78 Å². The molecular weight excluding hydrogens is 530 g/mol. The van der Waals surface area contributed by atoms with Gasteiger partial charge in [0, 0.05) is 49.7 Å². The average molecular weight is 567 g/mol. The lowest BCUT2D eigenvalue weighted by Gasteiger charge is -2.28. The van der Waals surface area contributed by atoms with Gasteiger partial charge < -0.3 is 15.3 Å². The molecule has 4 heterocycles. The van der Waals surface area contributed by atoms with Crippen LogP contribution in [0.3, 0.4) is 0 Å². The number of unbranched alkanes of at least 4 members (excludes halogenated alkanes) is 1. The number of halogens is 2. The SMILES string of the molecule is O=C(CCCCN1CCC(F)CC1)c1ccc2c(c1)sc1nc(-c3ccc([C@@H]4CCCN4)cc3F)c(CCO)n12. The van der Waals surface area contributed by atoms with E-state index in [1.165, 1.54) is 11.3 Å². The summed E-state index contributed by atoms with van der Waals surface area (Å²) >= 11 is 1.47. The first-order chi connectivity index (χ1) is 19.5. The number of alkyl halides is 1. The zero-order chi connectivity index (χ0) is 27.6. The Balaban J connectivity index is 1.20. The molecule has 0 amide bonds. The van der Waals surface area contributed by atoms with Crippen LogP contribution < -0.4 is 5.32 Å². The quantitative estimate of drug-likeness (QED) is 0.179. The van der Waals surface area contributed by atoms with Crippen molar-refractivity contribution in [1.29, 1.82) is 0 Å². The number of rotatable bonds is 10. The molecule has 6 nitrogen and oxygen atoms in total. The Morgan fingerprint density at radius 1 is 1.12 bits per heavy atom. The molecule has 40 heavy (non-hydrogen) atoms. The molecule has 6 rings (SSSR count). The Morgan fingerprint density at radius 3 is 2.73 bits per heavy atom. The van der Waals surface area contributed by atoms with E-state index in [1.54, 1.807) is 12.1 Å². The van der Waals surface area contributed by atoms with Gasteiger partial charge in [-0.3, -0.25) is 9.20 Å². The highest BCUT2D eigenvalue weighted by molar-refractivity contribution is 7.23. The minimum absolute atomic E-state index is 0.0772. The molecule has 2 aliphatic rings. The number of aromatic nitrogens is 2. The predicted octanol–water partition coefficient (Wildman–Crippen LogP) is 6.10. The number of benzene rings is 2. The van der Waals surface area contributed by atoms with Gasteiger partial charge in [0.05, 0.1) is 21.6 Å². The number of carbonyl (C=O) groups excluding carboxylic acids is 1. The van der Waals surface area contributed by atoms with Crippen LogP contribution in [-0.2, 0) is 6.42 Å². The number of ketones is 1. The Bertz CT molecular complexity index is 1500. The Labute approximate surface area is 237 Å². The molecule has 2 N–H and O–H groups in total. The molecule has 212 valence electrons. The number of carbonyl (C=O) groups is 1. The van der Waals surface area contributed by atoms with E-state index in [1.807, 2.05) is 28.7 Å². The summed E-state index contributed by atoms with van der Waals surface area (Å²) in [5.74, 6) is -0.189. The molecule has 1 atom stereocenters. The van der Waals surface area contributed by atoms with Gasteiger partial charge in [-0.25, -0.2) is 13.8 Å². The minimum Gasteiger partial charge on any atom is -0.396 e. The molecule has 0 radical (unpaired) electrons. The number of piperidine rings is 1. The number of hydrogen-bond acceptors (Lipinski definition) is 6. The van der Waals surface area contributed by atoms with Gasteiger partial charge in [0.1, 0.15) is 12.0 Å². The summed E-state index contributed by atoms with van der Waals surface area (Å²) in [6.07, 6.45) is 5.24. The van der Waals surface area contributed by atoms with E-state index in [4.69, 9.17) is 4.98 Å². The fourth-order valence-corrected chi connectivity index (χ4v) is 7.24. The van der Waals surface area contributed by atoms with Gasteiger partial charge in [-0.05, 0) is 87.5 Å². The molecule has 2 saturated heterocycles. The predicted molar refractivity (Wildman–Crippen MR) is 155 cm³/mol. The highest BCUT2D eigenvalue weighted by Gasteiger charge is 2.23. The third kappa shape index (κ3) is 5.57. The molecule has 0 bridgehead atoms. The monoisotopic (exact) mass is 566 g/mol. The fourth-order valence-electron chi connectivity index (χ4n) is 6.15. The molecule has 2 aliphatic heterocycles. The fraction of sp³-hybridized carbons (Fsp3) is 0.484. The largest absolute Gasteiger partial charge is 0.396 e. The number of aliphatic hydroxyl groups is 1. The third-order valence-corrected chi connectivity index (χ3v) is 9.37. The number of Topliss-reactive ketones (excluding diaryl/α,β-unsaturated/α-hetero) is 1. The number of aliphatic hydroxyl groups excluding tert-OH is 1. The van der Waals surface area contributed by atoms with E-state index in [0.29, 0.717) is 42.5 Å². The van der Waals surface area contributed by atoms with Crippen LogP contribution in [0, 0.1) is 5.82 Å². The van der Waals surface area contributed by atoms with Crippen LogP contribution in [0.2, 0.25) is 0 Å². The zero-order valence-corrected chi connectivity index (χ0v) is 23.5. The maximum atomic E-state index is 15.4. The van der Waals surface area contributed by atoms with E-state index in [9.17, 15) is 14.3 Å². The second-order valence-corrected chi connectivity index (χ2v) is 12.1. The molecule has 2 aromatic heterocycles. The van der Waals surface area contributed by atoms with E-state index in [-0.39, 0.29) is 24.2 Å². The smallest absolute Gasteiger partial charge is 0.195 e. The van der Waals surface area contributed by atoms with E-state index >= 15 is 4.39 Å². The summed E-state index contributed by atoms with van der Waals surface area (Å²) in [5, 5.41) is 13.3. The number of nitrogens with zero attached hydrogens (tertiary/aromatic N) is 3. The normalized spacial score (nSPS) is 18.8. The van der Waals surface area contributed by atoms with Crippen molar-refractivity contribution in [1.82, 2.24) is 19.6 Å². The van der Waals surface area contributed by atoms with Crippen molar-refractivity contribution < 1.29 is 18.7 Å². The van der Waals surface area contributed by atoms with Crippen LogP contribution in [0.1, 0.15) is 72.6 Å². The third-order valence-electron chi connectivity index (χ3n) is 8.37. The number of likely N-dealkylation sites (tertiary alicyclic amines) is 1. The number of nitrogens with one attached hydrogen (secondary N) is 1. The summed E-state index contributed by atoms with van der Waals surface area (Å²) in [4.78, 5) is 20.8. The van der Waals surface area contributed by atoms with Gasteiger partial charge in [0.2, 0.25) is 0 Å². The van der Waals surface area contributed by atoms with Gasteiger partial charge in [-0.1, -0.05) is 17.4 Å². The molecule has 0 unspecified atom stereocenters. The highest BCUT2D eigenvalue weighted by Crippen LogP contribution is 2.36. The maximum absolute atomic E-state index is 15.4. The second-order valence-electron chi connectivity index (χ2n) is 11.1. The molecule has 0 saturated carbocycles. The number of imidazole rings is 1. The van der Waals surface area contributed by atoms with Crippen molar-refractivity contribution in [3.8, 4) is 11.3 Å². The molecule has 2 fully saturated rings. The van der Waals surface area contributed by atoms with Crippen molar-refractivity contribution in [3.63, 3.8) is 0 Å². The van der Waals surface area contributed by atoms with Crippen molar-refractivity contribution in [2.45, 2.75) is 63.6 Å². The summed E-state index contributed by atoms with van der Waals surface area (Å²) in [5.41, 5.74) is 4.30. The molecule has 0 spiro atoms. The summed E-state index contributed by atoms with van der Waals surface area (Å²) in [6.45, 7) is 3.40. The Hall–Kier alpha value is -2.72. The zero-order valence-electron chi connectivity index (χ0n) is 22.7. The maximum Gasteiger partial charge on any atom is 0.195 e. The van der Waals surface area contributed by atoms with E-state index in [0.717, 1.165) is 78.3 Å². The van der Waals surface area contributed by atoms with Crippen molar-refractivity contribution in [2.75, 3.05) is 32.8 Å².